The lowest BCUT2D eigenvalue weighted by molar-refractivity contribution is 0.306. The van der Waals surface area contributed by atoms with E-state index < -0.39 is 0 Å². The molecular formula is C13H20N2S. The minimum atomic E-state index is 0.690. The molecule has 3 heteroatoms. The highest BCUT2D eigenvalue weighted by Crippen LogP contribution is 2.38. The number of nitrogens with two attached hydrogens (primary N) is 1. The third-order valence-corrected chi connectivity index (χ3v) is 5.19. The van der Waals surface area contributed by atoms with Gasteiger partial charge in [-0.25, -0.2) is 0 Å². The summed E-state index contributed by atoms with van der Waals surface area (Å²) in [4.78, 5) is 5.44. The lowest BCUT2D eigenvalue weighted by Crippen LogP contribution is -2.20. The number of hydrogen-bond donors (Lipinski definition) is 1. The third-order valence-electron chi connectivity index (χ3n) is 4.10. The summed E-state index contributed by atoms with van der Waals surface area (Å²) >= 11 is 1.88. The zero-order valence-corrected chi connectivity index (χ0v) is 10.5. The van der Waals surface area contributed by atoms with E-state index in [-0.39, 0.29) is 0 Å². The minimum absolute atomic E-state index is 0.690. The van der Waals surface area contributed by atoms with Gasteiger partial charge in [-0.15, -0.1) is 11.3 Å². The molecule has 2 aliphatic rings. The van der Waals surface area contributed by atoms with Gasteiger partial charge in [0.1, 0.15) is 0 Å². The molecule has 1 saturated heterocycles. The molecule has 1 saturated carbocycles. The van der Waals surface area contributed by atoms with Crippen molar-refractivity contribution in [1.82, 2.24) is 4.90 Å². The predicted molar refractivity (Wildman–Crippen MR) is 68.3 cm³/mol. The van der Waals surface area contributed by atoms with Crippen LogP contribution in [0.4, 0.5) is 0 Å². The van der Waals surface area contributed by atoms with Crippen LogP contribution in [0.5, 0.6) is 0 Å². The van der Waals surface area contributed by atoms with E-state index in [9.17, 15) is 0 Å². The number of hydrogen-bond acceptors (Lipinski definition) is 3. The van der Waals surface area contributed by atoms with Crippen LogP contribution in [0, 0.1) is 11.8 Å². The molecule has 3 rings (SSSR count). The normalized spacial score (nSPS) is 29.8. The van der Waals surface area contributed by atoms with E-state index in [2.05, 4.69) is 17.0 Å². The van der Waals surface area contributed by atoms with Gasteiger partial charge in [0.2, 0.25) is 0 Å². The van der Waals surface area contributed by atoms with Crippen LogP contribution >= 0.6 is 11.3 Å². The first-order valence-electron chi connectivity index (χ1n) is 6.35. The van der Waals surface area contributed by atoms with Crippen LogP contribution in [0.2, 0.25) is 0 Å². The van der Waals surface area contributed by atoms with Gasteiger partial charge in [-0.05, 0) is 36.8 Å². The zero-order valence-electron chi connectivity index (χ0n) is 9.69. The number of thiophene rings is 1. The fourth-order valence-electron chi connectivity index (χ4n) is 3.30. The van der Waals surface area contributed by atoms with Crippen molar-refractivity contribution in [3.63, 3.8) is 0 Å². The summed E-state index contributed by atoms with van der Waals surface area (Å²) in [5, 5.41) is 0. The van der Waals surface area contributed by atoms with Crippen molar-refractivity contribution in [3.8, 4) is 0 Å². The quantitative estimate of drug-likeness (QED) is 0.873. The molecule has 1 aliphatic carbocycles. The number of likely N-dealkylation sites (tertiary alicyclic amines) is 1. The highest BCUT2D eigenvalue weighted by atomic mass is 32.1. The van der Waals surface area contributed by atoms with Gasteiger partial charge in [-0.3, -0.25) is 4.90 Å². The van der Waals surface area contributed by atoms with Crippen molar-refractivity contribution in [2.24, 2.45) is 17.6 Å². The Morgan fingerprint density at radius 1 is 1.19 bits per heavy atom. The van der Waals surface area contributed by atoms with E-state index in [1.54, 1.807) is 0 Å². The summed E-state index contributed by atoms with van der Waals surface area (Å²) in [6.07, 6.45) is 4.42. The summed E-state index contributed by atoms with van der Waals surface area (Å²) in [5.74, 6) is 2.02. The molecule has 2 heterocycles. The van der Waals surface area contributed by atoms with Crippen molar-refractivity contribution in [2.45, 2.75) is 32.4 Å². The van der Waals surface area contributed by atoms with E-state index in [0.717, 1.165) is 18.4 Å². The largest absolute Gasteiger partial charge is 0.326 e. The van der Waals surface area contributed by atoms with E-state index in [1.807, 2.05) is 11.3 Å². The van der Waals surface area contributed by atoms with Crippen LogP contribution in [0.15, 0.2) is 12.1 Å². The first-order valence-corrected chi connectivity index (χ1v) is 7.17. The minimum Gasteiger partial charge on any atom is -0.326 e. The Balaban J connectivity index is 1.59. The van der Waals surface area contributed by atoms with Crippen LogP contribution < -0.4 is 5.73 Å². The number of fused-ring (bicyclic) bond motifs is 1. The lowest BCUT2D eigenvalue weighted by atomic mass is 10.0. The van der Waals surface area contributed by atoms with Crippen molar-refractivity contribution < 1.29 is 0 Å². The molecular weight excluding hydrogens is 216 g/mol. The SMILES string of the molecule is NCc1ccc(CN2CC3CCCC3C2)s1. The second kappa shape index (κ2) is 4.47. The molecule has 0 amide bonds. The standard InChI is InChI=1S/C13H20N2S/c14-6-12-4-5-13(16-12)9-15-7-10-2-1-3-11(10)8-15/h4-5,10-11H,1-3,6-9,14H2. The molecule has 0 spiro atoms. The average Bonchev–Trinajstić information content (AvgIpc) is 2.92. The molecule has 16 heavy (non-hydrogen) atoms. The van der Waals surface area contributed by atoms with Gasteiger partial charge < -0.3 is 5.73 Å². The summed E-state index contributed by atoms with van der Waals surface area (Å²) in [7, 11) is 0. The molecule has 0 aromatic carbocycles. The van der Waals surface area contributed by atoms with E-state index in [4.69, 9.17) is 5.73 Å². The number of rotatable bonds is 3. The van der Waals surface area contributed by atoms with Crippen LogP contribution in [0.3, 0.4) is 0 Å². The van der Waals surface area contributed by atoms with E-state index >= 15 is 0 Å². The highest BCUT2D eigenvalue weighted by Gasteiger charge is 2.35. The smallest absolute Gasteiger partial charge is 0.0328 e. The summed E-state index contributed by atoms with van der Waals surface area (Å²) in [6, 6.07) is 4.43. The van der Waals surface area contributed by atoms with Gasteiger partial charge in [-0.1, -0.05) is 6.42 Å². The topological polar surface area (TPSA) is 29.3 Å². The molecule has 0 radical (unpaired) electrons. The van der Waals surface area contributed by atoms with Crippen LogP contribution in [-0.2, 0) is 13.1 Å². The van der Waals surface area contributed by atoms with Crippen LogP contribution in [-0.4, -0.2) is 18.0 Å². The lowest BCUT2D eigenvalue weighted by Gasteiger charge is -2.15. The Labute approximate surface area is 101 Å². The Morgan fingerprint density at radius 3 is 2.50 bits per heavy atom. The summed E-state index contributed by atoms with van der Waals surface area (Å²) in [5.41, 5.74) is 5.64. The predicted octanol–water partition coefficient (Wildman–Crippen LogP) is 2.44. The highest BCUT2D eigenvalue weighted by molar-refractivity contribution is 7.11. The Morgan fingerprint density at radius 2 is 1.88 bits per heavy atom. The van der Waals surface area contributed by atoms with Gasteiger partial charge in [0.05, 0.1) is 0 Å². The maximum absolute atomic E-state index is 5.64. The second-order valence-electron chi connectivity index (χ2n) is 5.22. The Kier molecular flexibility index (Phi) is 3.01. The first-order chi connectivity index (χ1) is 7.85. The fourth-order valence-corrected chi connectivity index (χ4v) is 4.24. The van der Waals surface area contributed by atoms with Gasteiger partial charge in [-0.2, -0.15) is 0 Å². The monoisotopic (exact) mass is 236 g/mol. The molecule has 1 aliphatic heterocycles. The summed E-state index contributed by atoms with van der Waals surface area (Å²) < 4.78 is 0. The molecule has 2 nitrogen and oxygen atoms in total. The van der Waals surface area contributed by atoms with Crippen molar-refractivity contribution in [2.75, 3.05) is 13.1 Å². The summed E-state index contributed by atoms with van der Waals surface area (Å²) in [6.45, 7) is 4.51. The first kappa shape index (κ1) is 10.8. The van der Waals surface area contributed by atoms with Crippen LogP contribution in [0.25, 0.3) is 0 Å². The van der Waals surface area contributed by atoms with Gasteiger partial charge in [0.25, 0.3) is 0 Å². The second-order valence-corrected chi connectivity index (χ2v) is 6.47. The third kappa shape index (κ3) is 2.04. The molecule has 1 aromatic heterocycles. The molecule has 2 fully saturated rings. The van der Waals surface area contributed by atoms with Crippen molar-refractivity contribution >= 4 is 11.3 Å². The van der Waals surface area contributed by atoms with Gasteiger partial charge >= 0.3 is 0 Å². The van der Waals surface area contributed by atoms with Gasteiger partial charge in [0.15, 0.2) is 0 Å². The van der Waals surface area contributed by atoms with Gasteiger partial charge in [0, 0.05) is 35.9 Å². The fraction of sp³-hybridized carbons (Fsp3) is 0.692. The zero-order chi connectivity index (χ0) is 11.0. The Bertz CT molecular complexity index is 349. The Hall–Kier alpha value is -0.380. The molecule has 0 bridgehead atoms. The molecule has 1 aromatic rings. The molecule has 88 valence electrons. The molecule has 2 N–H and O–H groups in total. The van der Waals surface area contributed by atoms with E-state index in [1.165, 1.54) is 42.1 Å². The maximum Gasteiger partial charge on any atom is 0.0328 e. The average molecular weight is 236 g/mol. The van der Waals surface area contributed by atoms with Crippen molar-refractivity contribution in [3.05, 3.63) is 21.9 Å². The van der Waals surface area contributed by atoms with Crippen molar-refractivity contribution in [1.29, 1.82) is 0 Å². The maximum atomic E-state index is 5.64. The van der Waals surface area contributed by atoms with Crippen LogP contribution in [0.1, 0.15) is 29.0 Å². The van der Waals surface area contributed by atoms with E-state index in [0.29, 0.717) is 6.54 Å². The molecule has 2 unspecified atom stereocenters. The number of nitrogens with zero attached hydrogens (tertiary/aromatic N) is 1. The molecule has 2 atom stereocenters.